The maximum absolute atomic E-state index is 3.00. The molecule has 1 nitrogen and oxygen atoms in total. The minimum atomic E-state index is 0. The lowest BCUT2D eigenvalue weighted by atomic mass is 10.5. The van der Waals surface area contributed by atoms with Crippen LogP contribution in [0.15, 0.2) is 18.3 Å². The van der Waals surface area contributed by atoms with Gasteiger partial charge in [0.1, 0.15) is 0 Å². The second kappa shape index (κ2) is 2.45. The van der Waals surface area contributed by atoms with Crippen molar-refractivity contribution in [3.05, 3.63) is 24.0 Å². The van der Waals surface area contributed by atoms with Crippen LogP contribution in [0, 0.1) is 6.92 Å². The summed E-state index contributed by atoms with van der Waals surface area (Å²) in [5, 5.41) is 0. The summed E-state index contributed by atoms with van der Waals surface area (Å²) in [5.74, 6) is 0. The third kappa shape index (κ3) is 1.44. The average Bonchev–Trinajstić information content (AvgIpc) is 1.86. The minimum Gasteiger partial charge on any atom is -0.365 e. The van der Waals surface area contributed by atoms with Crippen molar-refractivity contribution in [3.63, 3.8) is 0 Å². The standard InChI is InChI=1S/C5H7N.CH4.H2/c1-5-3-2-4-6-5;;/h2-4,6H,1H3;1H4;1H. The number of hydrogen-bond acceptors (Lipinski definition) is 0. The third-order valence-corrected chi connectivity index (χ3v) is 0.753. The van der Waals surface area contributed by atoms with E-state index in [4.69, 9.17) is 0 Å². The second-order valence-corrected chi connectivity index (χ2v) is 1.35. The molecule has 1 heteroatoms. The highest BCUT2D eigenvalue weighted by Gasteiger charge is 1.72. The van der Waals surface area contributed by atoms with Gasteiger partial charge in [-0.25, -0.2) is 0 Å². The molecule has 0 aliphatic rings. The van der Waals surface area contributed by atoms with Crippen LogP contribution < -0.4 is 0 Å². The molecule has 0 aliphatic carbocycles. The molecule has 0 aliphatic heterocycles. The lowest BCUT2D eigenvalue weighted by molar-refractivity contribution is 1.27. The van der Waals surface area contributed by atoms with Crippen LogP contribution in [0.4, 0.5) is 0 Å². The molecule has 42 valence electrons. The normalized spacial score (nSPS) is 7.57. The topological polar surface area (TPSA) is 15.8 Å². The van der Waals surface area contributed by atoms with E-state index in [9.17, 15) is 0 Å². The van der Waals surface area contributed by atoms with Gasteiger partial charge < -0.3 is 4.98 Å². The molecule has 0 aromatic carbocycles. The Hall–Kier alpha value is -0.720. The molecule has 0 radical (unpaired) electrons. The number of nitrogens with one attached hydrogen (secondary N) is 1. The maximum atomic E-state index is 3.00. The van der Waals surface area contributed by atoms with Crippen LogP contribution in [0.1, 0.15) is 14.5 Å². The molecule has 1 aromatic rings. The Labute approximate surface area is 45.9 Å². The van der Waals surface area contributed by atoms with Crippen LogP contribution in [0.3, 0.4) is 0 Å². The van der Waals surface area contributed by atoms with Gasteiger partial charge in [-0.15, -0.1) is 0 Å². The Balaban J connectivity index is 0. The van der Waals surface area contributed by atoms with Gasteiger partial charge in [-0.2, -0.15) is 0 Å². The Morgan fingerprint density at radius 2 is 2.43 bits per heavy atom. The zero-order valence-electron chi connectivity index (χ0n) is 3.73. The first-order valence-corrected chi connectivity index (χ1v) is 1.99. The Bertz CT molecular complexity index is 112. The lowest BCUT2D eigenvalue weighted by Crippen LogP contribution is -1.59. The van der Waals surface area contributed by atoms with E-state index in [1.54, 1.807) is 0 Å². The molecule has 1 rings (SSSR count). The predicted molar refractivity (Wildman–Crippen MR) is 34.4 cm³/mol. The average molecular weight is 99.2 g/mol. The summed E-state index contributed by atoms with van der Waals surface area (Å²) in [6.45, 7) is 2.03. The van der Waals surface area contributed by atoms with Crippen molar-refractivity contribution in [1.82, 2.24) is 4.98 Å². The van der Waals surface area contributed by atoms with Crippen LogP contribution in [0.2, 0.25) is 0 Å². The summed E-state index contributed by atoms with van der Waals surface area (Å²) in [5.41, 5.74) is 1.22. The Morgan fingerprint density at radius 1 is 1.71 bits per heavy atom. The first-order valence-electron chi connectivity index (χ1n) is 1.99. The van der Waals surface area contributed by atoms with Crippen molar-refractivity contribution < 1.29 is 1.43 Å². The van der Waals surface area contributed by atoms with Gasteiger partial charge >= 0.3 is 0 Å². The zero-order chi connectivity index (χ0) is 4.41. The summed E-state index contributed by atoms with van der Waals surface area (Å²) < 4.78 is 0. The number of hydrogen-bond donors (Lipinski definition) is 1. The molecule has 0 fully saturated rings. The van der Waals surface area contributed by atoms with Crippen molar-refractivity contribution in [2.75, 3.05) is 0 Å². The van der Waals surface area contributed by atoms with Crippen molar-refractivity contribution in [2.24, 2.45) is 0 Å². The highest BCUT2D eigenvalue weighted by atomic mass is 14.7. The third-order valence-electron chi connectivity index (χ3n) is 0.753. The maximum Gasteiger partial charge on any atom is 0.0115 e. The van der Waals surface area contributed by atoms with E-state index in [1.807, 2.05) is 25.3 Å². The van der Waals surface area contributed by atoms with E-state index < -0.39 is 0 Å². The monoisotopic (exact) mass is 99.1 g/mol. The van der Waals surface area contributed by atoms with Crippen molar-refractivity contribution in [2.45, 2.75) is 14.4 Å². The van der Waals surface area contributed by atoms with Gasteiger partial charge in [0.15, 0.2) is 0 Å². The lowest BCUT2D eigenvalue weighted by Gasteiger charge is -1.70. The summed E-state index contributed by atoms with van der Waals surface area (Å²) in [7, 11) is 0. The van der Waals surface area contributed by atoms with Crippen molar-refractivity contribution >= 4 is 0 Å². The van der Waals surface area contributed by atoms with Crippen molar-refractivity contribution in [3.8, 4) is 0 Å². The van der Waals surface area contributed by atoms with E-state index in [1.165, 1.54) is 5.69 Å². The molecule has 7 heavy (non-hydrogen) atoms. The molecular weight excluding hydrogens is 86.1 g/mol. The molecule has 0 atom stereocenters. The van der Waals surface area contributed by atoms with Crippen molar-refractivity contribution in [1.29, 1.82) is 0 Å². The number of rotatable bonds is 0. The van der Waals surface area contributed by atoms with Crippen LogP contribution in [-0.4, -0.2) is 4.98 Å². The summed E-state index contributed by atoms with van der Waals surface area (Å²) in [4.78, 5) is 3.00. The first-order chi connectivity index (χ1) is 2.89. The van der Waals surface area contributed by atoms with E-state index in [-0.39, 0.29) is 8.85 Å². The number of aryl methyl sites for hydroxylation is 1. The minimum absolute atomic E-state index is 0. The van der Waals surface area contributed by atoms with Crippen LogP contribution in [0.5, 0.6) is 0 Å². The summed E-state index contributed by atoms with van der Waals surface area (Å²) in [6, 6.07) is 4.01. The molecule has 1 N–H and O–H groups in total. The molecule has 0 spiro atoms. The quantitative estimate of drug-likeness (QED) is 0.513. The molecule has 0 unspecified atom stereocenters. The number of H-pyrrole nitrogens is 1. The molecule has 0 saturated heterocycles. The largest absolute Gasteiger partial charge is 0.365 e. The number of aromatic nitrogens is 1. The first kappa shape index (κ1) is 6.28. The summed E-state index contributed by atoms with van der Waals surface area (Å²) >= 11 is 0. The molecule has 0 saturated carbocycles. The fraction of sp³-hybridized carbons (Fsp3) is 0.333. The number of aromatic amines is 1. The van der Waals surface area contributed by atoms with Gasteiger partial charge in [0, 0.05) is 13.3 Å². The van der Waals surface area contributed by atoms with Gasteiger partial charge in [0.05, 0.1) is 0 Å². The highest BCUT2D eigenvalue weighted by Crippen LogP contribution is 1.86. The van der Waals surface area contributed by atoms with E-state index in [0.717, 1.165) is 0 Å². The van der Waals surface area contributed by atoms with Gasteiger partial charge in [0.25, 0.3) is 0 Å². The Kier molecular flexibility index (Phi) is 2.20. The molecular formula is C6H13N. The van der Waals surface area contributed by atoms with E-state index >= 15 is 0 Å². The Morgan fingerprint density at radius 3 is 2.57 bits per heavy atom. The summed E-state index contributed by atoms with van der Waals surface area (Å²) in [6.07, 6.45) is 1.91. The molecule has 1 heterocycles. The second-order valence-electron chi connectivity index (χ2n) is 1.35. The molecule has 0 bridgehead atoms. The van der Waals surface area contributed by atoms with Gasteiger partial charge in [-0.1, -0.05) is 7.43 Å². The van der Waals surface area contributed by atoms with Crippen LogP contribution in [-0.2, 0) is 0 Å². The van der Waals surface area contributed by atoms with Gasteiger partial charge in [0.2, 0.25) is 0 Å². The van der Waals surface area contributed by atoms with Gasteiger partial charge in [-0.3, -0.25) is 0 Å². The van der Waals surface area contributed by atoms with Crippen LogP contribution in [0.25, 0.3) is 0 Å². The zero-order valence-corrected chi connectivity index (χ0v) is 3.73. The fourth-order valence-corrected chi connectivity index (χ4v) is 0.420. The SMILES string of the molecule is C.Cc1ccc[nH]1.[HH]. The van der Waals surface area contributed by atoms with Gasteiger partial charge in [-0.05, 0) is 19.1 Å². The fourth-order valence-electron chi connectivity index (χ4n) is 0.420. The van der Waals surface area contributed by atoms with E-state index in [0.29, 0.717) is 0 Å². The molecule has 0 amide bonds. The van der Waals surface area contributed by atoms with E-state index in [2.05, 4.69) is 4.98 Å². The highest BCUT2D eigenvalue weighted by molar-refractivity contribution is 4.99. The predicted octanol–water partition coefficient (Wildman–Crippen LogP) is 2.21. The molecule has 1 aromatic heterocycles. The van der Waals surface area contributed by atoms with Crippen LogP contribution >= 0.6 is 0 Å². The smallest absolute Gasteiger partial charge is 0.0115 e.